The van der Waals surface area contributed by atoms with Crippen LogP contribution in [-0.2, 0) is 71.5 Å². The van der Waals surface area contributed by atoms with Gasteiger partial charge in [0.25, 0.3) is 10.1 Å². The Kier molecular flexibility index (Phi) is 37.3. The zero-order chi connectivity index (χ0) is 46.3. The van der Waals surface area contributed by atoms with Gasteiger partial charge in [-0.3, -0.25) is 33.0 Å². The fourth-order valence-corrected chi connectivity index (χ4v) is 6.98. The molecule has 16 heteroatoms. The van der Waals surface area contributed by atoms with Gasteiger partial charge >= 0.3 is 35.8 Å². The minimum Gasteiger partial charge on any atom is -0.462 e. The van der Waals surface area contributed by atoms with Crippen LogP contribution in [0, 0.1) is 0 Å². The molecule has 0 aliphatic carbocycles. The summed E-state index contributed by atoms with van der Waals surface area (Å²) in [6, 6.07) is 0. The van der Waals surface area contributed by atoms with E-state index in [1.165, 1.54) is 0 Å². The Morgan fingerprint density at radius 1 is 0.355 bits per heavy atom. The van der Waals surface area contributed by atoms with Gasteiger partial charge in [0.05, 0.1) is 12.4 Å². The lowest BCUT2D eigenvalue weighted by Gasteiger charge is -2.20. The van der Waals surface area contributed by atoms with Crippen molar-refractivity contribution in [2.24, 2.45) is 0 Å². The summed E-state index contributed by atoms with van der Waals surface area (Å²) in [4.78, 5) is 75.7. The molecule has 0 rings (SSSR count). The third-order valence-electron chi connectivity index (χ3n) is 9.91. The van der Waals surface area contributed by atoms with E-state index in [0.717, 1.165) is 109 Å². The molecule has 15 nitrogen and oxygen atoms in total. The normalized spacial score (nSPS) is 11.5. The predicted molar refractivity (Wildman–Crippen MR) is 235 cm³/mol. The Labute approximate surface area is 373 Å². The fourth-order valence-electron chi connectivity index (χ4n) is 6.29. The van der Waals surface area contributed by atoms with Gasteiger partial charge in [0.2, 0.25) is 0 Å². The molecule has 0 aromatic rings. The van der Waals surface area contributed by atoms with Gasteiger partial charge < -0.3 is 28.4 Å². The molecule has 0 fully saturated rings. The lowest BCUT2D eigenvalue weighted by molar-refractivity contribution is -0.167. The second kappa shape index (κ2) is 39.3. The van der Waals surface area contributed by atoms with Crippen molar-refractivity contribution in [1.82, 2.24) is 0 Å². The first kappa shape index (κ1) is 58.7. The first-order valence-electron chi connectivity index (χ1n) is 23.6. The maximum atomic E-state index is 13.0. The highest BCUT2D eigenvalue weighted by molar-refractivity contribution is 7.86. The molecular weight excluding hydrogens is 825 g/mol. The Bertz CT molecular complexity index is 1180. The molecule has 362 valence electrons. The van der Waals surface area contributed by atoms with Crippen LogP contribution in [-0.4, -0.2) is 95.2 Å². The average Bonchev–Trinajstić information content (AvgIpc) is 3.22. The zero-order valence-electron chi connectivity index (χ0n) is 38.9. The minimum absolute atomic E-state index is 0.170. The van der Waals surface area contributed by atoms with Crippen molar-refractivity contribution >= 4 is 45.9 Å². The molecule has 0 aromatic heterocycles. The van der Waals surface area contributed by atoms with E-state index in [9.17, 15) is 37.2 Å². The molecular formula is C46H82O15S. The van der Waals surface area contributed by atoms with Crippen LogP contribution in [0.4, 0.5) is 0 Å². The van der Waals surface area contributed by atoms with Gasteiger partial charge in [-0.05, 0) is 38.5 Å². The monoisotopic (exact) mass is 907 g/mol. The highest BCUT2D eigenvalue weighted by Gasteiger charge is 2.25. The number of rotatable bonds is 42. The van der Waals surface area contributed by atoms with Crippen molar-refractivity contribution in [2.45, 2.75) is 226 Å². The molecule has 0 aliphatic rings. The van der Waals surface area contributed by atoms with Crippen molar-refractivity contribution in [2.75, 3.05) is 32.7 Å². The molecule has 0 unspecified atom stereocenters. The first-order valence-corrected chi connectivity index (χ1v) is 25.4. The van der Waals surface area contributed by atoms with Crippen LogP contribution in [0.3, 0.4) is 0 Å². The maximum absolute atomic E-state index is 13.0. The molecule has 0 bridgehead atoms. The van der Waals surface area contributed by atoms with Crippen molar-refractivity contribution in [1.29, 1.82) is 0 Å². The van der Waals surface area contributed by atoms with Gasteiger partial charge in [0.1, 0.15) is 26.4 Å². The van der Waals surface area contributed by atoms with Crippen molar-refractivity contribution < 1.29 is 69.8 Å². The van der Waals surface area contributed by atoms with Gasteiger partial charge in [-0.2, -0.15) is 8.42 Å². The lowest BCUT2D eigenvalue weighted by atomic mass is 10.1. The van der Waals surface area contributed by atoms with Gasteiger partial charge in [-0.1, -0.05) is 130 Å². The van der Waals surface area contributed by atoms with E-state index < -0.39 is 64.2 Å². The van der Waals surface area contributed by atoms with Crippen LogP contribution in [0.15, 0.2) is 0 Å². The number of carbonyl (C=O) groups excluding carboxylic acids is 6. The van der Waals surface area contributed by atoms with Crippen molar-refractivity contribution in [3.63, 3.8) is 0 Å². The molecule has 0 atom stereocenters. The van der Waals surface area contributed by atoms with E-state index in [4.69, 9.17) is 32.6 Å². The molecule has 0 saturated heterocycles. The summed E-state index contributed by atoms with van der Waals surface area (Å²) in [6.07, 6.45) is 16.1. The predicted octanol–water partition coefficient (Wildman–Crippen LogP) is 9.33. The molecule has 0 saturated carbocycles. The van der Waals surface area contributed by atoms with Crippen LogP contribution in [0.25, 0.3) is 0 Å². The standard InChI is InChI=1S/C46H82O15S/c1-6-10-14-18-22-26-41(47)55-34-39(35-56-42(48)27-23-19-15-11-7-2)59-45(51)32-30-38(61-62(5,53)54)31-33-46(52)60-40(36-57-43(49)28-24-20-16-12-8-3)37-58-44(50)29-25-21-17-13-9-4/h38-40H,6-37H2,1-5H3. The van der Waals surface area contributed by atoms with Gasteiger partial charge in [-0.25, -0.2) is 0 Å². The number of unbranched alkanes of at least 4 members (excludes halogenated alkanes) is 16. The highest BCUT2D eigenvalue weighted by Crippen LogP contribution is 2.16. The molecule has 0 spiro atoms. The van der Waals surface area contributed by atoms with E-state index in [0.29, 0.717) is 25.7 Å². The SMILES string of the molecule is CCCCCCCC(=O)OCC(COC(=O)CCCCCCC)OC(=O)CCC(CCC(=O)OC(COC(=O)CCCCCCC)COC(=O)CCCCCCC)OS(C)(=O)=O. The van der Waals surface area contributed by atoms with E-state index in [1.807, 2.05) is 0 Å². The van der Waals surface area contributed by atoms with Crippen LogP contribution >= 0.6 is 0 Å². The van der Waals surface area contributed by atoms with E-state index >= 15 is 0 Å². The van der Waals surface area contributed by atoms with Gasteiger partial charge in [-0.15, -0.1) is 0 Å². The Balaban J connectivity index is 5.45. The van der Waals surface area contributed by atoms with E-state index in [-0.39, 0.29) is 77.8 Å². The molecule has 0 aliphatic heterocycles. The summed E-state index contributed by atoms with van der Waals surface area (Å²) in [7, 11) is -4.02. The third kappa shape index (κ3) is 38.4. The summed E-state index contributed by atoms with van der Waals surface area (Å²) >= 11 is 0. The molecule has 0 radical (unpaired) electrons. The quantitative estimate of drug-likeness (QED) is 0.0242. The minimum atomic E-state index is -4.02. The van der Waals surface area contributed by atoms with E-state index in [2.05, 4.69) is 27.7 Å². The third-order valence-corrected chi connectivity index (χ3v) is 10.5. The summed E-state index contributed by atoms with van der Waals surface area (Å²) in [5.41, 5.74) is 0. The van der Waals surface area contributed by atoms with E-state index in [1.54, 1.807) is 0 Å². The number of esters is 6. The molecule has 0 N–H and O–H groups in total. The first-order chi connectivity index (χ1) is 29.7. The maximum Gasteiger partial charge on any atom is 0.306 e. The Hall–Kier alpha value is -3.27. The average molecular weight is 907 g/mol. The summed E-state index contributed by atoms with van der Waals surface area (Å²) in [5, 5.41) is 0. The van der Waals surface area contributed by atoms with Crippen LogP contribution < -0.4 is 0 Å². The van der Waals surface area contributed by atoms with Gasteiger partial charge in [0, 0.05) is 38.5 Å². The van der Waals surface area contributed by atoms with Gasteiger partial charge in [0.15, 0.2) is 12.2 Å². The topological polar surface area (TPSA) is 201 Å². The fraction of sp³-hybridized carbons (Fsp3) is 0.870. The number of hydrogen-bond donors (Lipinski definition) is 0. The highest BCUT2D eigenvalue weighted by atomic mass is 32.2. The lowest BCUT2D eigenvalue weighted by Crippen LogP contribution is -2.32. The zero-order valence-corrected chi connectivity index (χ0v) is 39.7. The van der Waals surface area contributed by atoms with Crippen molar-refractivity contribution in [3.8, 4) is 0 Å². The molecule has 0 amide bonds. The van der Waals surface area contributed by atoms with Crippen molar-refractivity contribution in [3.05, 3.63) is 0 Å². The summed E-state index contributed by atoms with van der Waals surface area (Å²) in [6.45, 7) is 7.07. The molecule has 0 aromatic carbocycles. The Morgan fingerprint density at radius 3 is 0.855 bits per heavy atom. The number of carbonyl (C=O) groups is 6. The summed E-state index contributed by atoms with van der Waals surface area (Å²) in [5.74, 6) is -3.43. The second-order valence-corrected chi connectivity index (χ2v) is 17.7. The largest absolute Gasteiger partial charge is 0.462 e. The number of ether oxygens (including phenoxy) is 6. The Morgan fingerprint density at radius 2 is 0.613 bits per heavy atom. The second-order valence-electron chi connectivity index (χ2n) is 16.1. The summed E-state index contributed by atoms with van der Waals surface area (Å²) < 4.78 is 62.0. The van der Waals surface area contributed by atoms with Crippen LogP contribution in [0.1, 0.15) is 207 Å². The smallest absolute Gasteiger partial charge is 0.306 e. The molecule has 0 heterocycles. The van der Waals surface area contributed by atoms with Crippen LogP contribution in [0.5, 0.6) is 0 Å². The van der Waals surface area contributed by atoms with Crippen LogP contribution in [0.2, 0.25) is 0 Å². The number of hydrogen-bond acceptors (Lipinski definition) is 15. The molecule has 62 heavy (non-hydrogen) atoms.